The van der Waals surface area contributed by atoms with Crippen LogP contribution in [0.5, 0.6) is 0 Å². The summed E-state index contributed by atoms with van der Waals surface area (Å²) >= 11 is 0. The average molecular weight is 275 g/mol. The van der Waals surface area contributed by atoms with E-state index in [1.807, 2.05) is 7.05 Å². The minimum atomic E-state index is 0.716. The van der Waals surface area contributed by atoms with Crippen LogP contribution < -0.4 is 10.2 Å². The van der Waals surface area contributed by atoms with Gasteiger partial charge in [-0.25, -0.2) is 0 Å². The molecule has 1 aromatic rings. The molecule has 0 aromatic heterocycles. The lowest BCUT2D eigenvalue weighted by Gasteiger charge is -2.27. The summed E-state index contributed by atoms with van der Waals surface area (Å²) in [5.41, 5.74) is 4.19. The van der Waals surface area contributed by atoms with Crippen LogP contribution in [0.1, 0.15) is 31.4 Å². The van der Waals surface area contributed by atoms with Crippen molar-refractivity contribution in [1.82, 2.24) is 10.2 Å². The number of nitrogens with zero attached hydrogens (tertiary/aromatic N) is 2. The molecule has 1 aromatic carbocycles. The van der Waals surface area contributed by atoms with Crippen molar-refractivity contribution in [2.45, 2.75) is 39.8 Å². The Labute approximate surface area is 124 Å². The van der Waals surface area contributed by atoms with Crippen LogP contribution in [-0.4, -0.2) is 44.2 Å². The molecule has 1 N–H and O–H groups in total. The van der Waals surface area contributed by atoms with Crippen LogP contribution in [-0.2, 0) is 6.54 Å². The Kier molecular flexibility index (Phi) is 5.44. The zero-order valence-corrected chi connectivity index (χ0v) is 13.4. The molecule has 0 spiro atoms. The van der Waals surface area contributed by atoms with E-state index in [0.717, 1.165) is 19.6 Å². The van der Waals surface area contributed by atoms with Gasteiger partial charge in [-0.1, -0.05) is 31.5 Å². The third-order valence-corrected chi connectivity index (χ3v) is 4.44. The maximum Gasteiger partial charge on any atom is 0.0412 e. The van der Waals surface area contributed by atoms with Gasteiger partial charge in [0, 0.05) is 31.4 Å². The minimum absolute atomic E-state index is 0.716. The summed E-state index contributed by atoms with van der Waals surface area (Å²) in [6, 6.07) is 7.57. The molecule has 0 bridgehead atoms. The van der Waals surface area contributed by atoms with Crippen molar-refractivity contribution in [2.75, 3.05) is 38.1 Å². The Balaban J connectivity index is 2.13. The summed E-state index contributed by atoms with van der Waals surface area (Å²) in [6.07, 6.45) is 1.29. The van der Waals surface area contributed by atoms with E-state index in [1.165, 1.54) is 36.3 Å². The van der Waals surface area contributed by atoms with Crippen molar-refractivity contribution in [3.63, 3.8) is 0 Å². The maximum absolute atomic E-state index is 3.29. The molecule has 1 saturated heterocycles. The van der Waals surface area contributed by atoms with Gasteiger partial charge in [-0.3, -0.25) is 4.90 Å². The van der Waals surface area contributed by atoms with Crippen LogP contribution in [0, 0.1) is 6.92 Å². The van der Waals surface area contributed by atoms with Gasteiger partial charge in [0.05, 0.1) is 0 Å². The lowest BCUT2D eigenvalue weighted by molar-refractivity contribution is 0.232. The first-order valence-corrected chi connectivity index (χ1v) is 7.92. The van der Waals surface area contributed by atoms with Crippen LogP contribution in [0.3, 0.4) is 0 Å². The first kappa shape index (κ1) is 15.3. The molecule has 1 heterocycles. The van der Waals surface area contributed by atoms with Crippen molar-refractivity contribution in [2.24, 2.45) is 0 Å². The van der Waals surface area contributed by atoms with Crippen LogP contribution in [0.15, 0.2) is 18.2 Å². The van der Waals surface area contributed by atoms with Gasteiger partial charge in [-0.05, 0) is 45.1 Å². The molecule has 1 fully saturated rings. The summed E-state index contributed by atoms with van der Waals surface area (Å²) < 4.78 is 0. The van der Waals surface area contributed by atoms with Gasteiger partial charge in [0.1, 0.15) is 0 Å². The molecule has 0 radical (unpaired) electrons. The zero-order valence-electron chi connectivity index (χ0n) is 13.4. The fraction of sp³-hybridized carbons (Fsp3) is 0.647. The SMILES string of the molecule is CCN(CC)C1CCN(c2ccc(C)cc2CNC)C1. The Hall–Kier alpha value is -1.06. The van der Waals surface area contributed by atoms with E-state index < -0.39 is 0 Å². The largest absolute Gasteiger partial charge is 0.370 e. The highest BCUT2D eigenvalue weighted by atomic mass is 15.3. The molecule has 1 atom stereocenters. The van der Waals surface area contributed by atoms with E-state index >= 15 is 0 Å². The Morgan fingerprint density at radius 1 is 1.30 bits per heavy atom. The molecular formula is C17H29N3. The van der Waals surface area contributed by atoms with E-state index in [2.05, 4.69) is 54.1 Å². The van der Waals surface area contributed by atoms with E-state index in [9.17, 15) is 0 Å². The predicted octanol–water partition coefficient (Wildman–Crippen LogP) is 2.63. The summed E-state index contributed by atoms with van der Waals surface area (Å²) in [5, 5.41) is 3.29. The van der Waals surface area contributed by atoms with E-state index in [1.54, 1.807) is 0 Å². The number of nitrogens with one attached hydrogen (secondary N) is 1. The summed E-state index contributed by atoms with van der Waals surface area (Å²) in [5.74, 6) is 0. The smallest absolute Gasteiger partial charge is 0.0412 e. The molecule has 0 aliphatic carbocycles. The molecule has 3 heteroatoms. The molecule has 1 aliphatic heterocycles. The van der Waals surface area contributed by atoms with Crippen molar-refractivity contribution in [1.29, 1.82) is 0 Å². The first-order chi connectivity index (χ1) is 9.69. The Bertz CT molecular complexity index is 426. The van der Waals surface area contributed by atoms with Gasteiger partial charge in [-0.2, -0.15) is 0 Å². The molecule has 1 aliphatic rings. The van der Waals surface area contributed by atoms with Gasteiger partial charge in [-0.15, -0.1) is 0 Å². The number of hydrogen-bond donors (Lipinski definition) is 1. The quantitative estimate of drug-likeness (QED) is 0.861. The molecule has 112 valence electrons. The van der Waals surface area contributed by atoms with Gasteiger partial charge in [0.25, 0.3) is 0 Å². The molecule has 3 nitrogen and oxygen atoms in total. The highest BCUT2D eigenvalue weighted by Gasteiger charge is 2.27. The average Bonchev–Trinajstić information content (AvgIpc) is 2.90. The molecule has 0 amide bonds. The summed E-state index contributed by atoms with van der Waals surface area (Å²) in [6.45, 7) is 12.3. The van der Waals surface area contributed by atoms with Crippen LogP contribution in [0.2, 0.25) is 0 Å². The molecule has 20 heavy (non-hydrogen) atoms. The molecule has 2 rings (SSSR count). The monoisotopic (exact) mass is 275 g/mol. The number of anilines is 1. The Morgan fingerprint density at radius 3 is 2.70 bits per heavy atom. The zero-order chi connectivity index (χ0) is 14.5. The molecule has 0 saturated carbocycles. The van der Waals surface area contributed by atoms with Crippen LogP contribution >= 0.6 is 0 Å². The van der Waals surface area contributed by atoms with Gasteiger partial charge >= 0.3 is 0 Å². The van der Waals surface area contributed by atoms with E-state index in [4.69, 9.17) is 0 Å². The van der Waals surface area contributed by atoms with Crippen molar-refractivity contribution >= 4 is 5.69 Å². The first-order valence-electron chi connectivity index (χ1n) is 7.92. The van der Waals surface area contributed by atoms with E-state index in [0.29, 0.717) is 6.04 Å². The van der Waals surface area contributed by atoms with Crippen molar-refractivity contribution in [3.8, 4) is 0 Å². The number of rotatable bonds is 6. The van der Waals surface area contributed by atoms with Crippen LogP contribution in [0.25, 0.3) is 0 Å². The topological polar surface area (TPSA) is 18.5 Å². The van der Waals surface area contributed by atoms with Crippen molar-refractivity contribution in [3.05, 3.63) is 29.3 Å². The molecule has 1 unspecified atom stereocenters. The van der Waals surface area contributed by atoms with E-state index in [-0.39, 0.29) is 0 Å². The number of hydrogen-bond acceptors (Lipinski definition) is 3. The molecular weight excluding hydrogens is 246 g/mol. The third kappa shape index (κ3) is 3.33. The summed E-state index contributed by atoms with van der Waals surface area (Å²) in [4.78, 5) is 5.15. The van der Waals surface area contributed by atoms with Gasteiger partial charge in [0.2, 0.25) is 0 Å². The highest BCUT2D eigenvalue weighted by Crippen LogP contribution is 2.27. The fourth-order valence-corrected chi connectivity index (χ4v) is 3.35. The predicted molar refractivity (Wildman–Crippen MR) is 87.5 cm³/mol. The standard InChI is InChI=1S/C17H29N3/c1-5-19(6-2)16-9-10-20(13-16)17-8-7-14(3)11-15(17)12-18-4/h7-8,11,16,18H,5-6,9-10,12-13H2,1-4H3. The lowest BCUT2D eigenvalue weighted by atomic mass is 10.1. The second-order valence-corrected chi connectivity index (χ2v) is 5.77. The lowest BCUT2D eigenvalue weighted by Crippen LogP contribution is -2.37. The van der Waals surface area contributed by atoms with Gasteiger partial charge < -0.3 is 10.2 Å². The fourth-order valence-electron chi connectivity index (χ4n) is 3.35. The number of benzene rings is 1. The summed E-state index contributed by atoms with van der Waals surface area (Å²) in [7, 11) is 2.02. The number of likely N-dealkylation sites (N-methyl/N-ethyl adjacent to an activating group) is 1. The normalized spacial score (nSPS) is 19.1. The Morgan fingerprint density at radius 2 is 2.05 bits per heavy atom. The maximum atomic E-state index is 3.29. The van der Waals surface area contributed by atoms with Gasteiger partial charge in [0.15, 0.2) is 0 Å². The second kappa shape index (κ2) is 7.09. The number of aryl methyl sites for hydroxylation is 1. The third-order valence-electron chi connectivity index (χ3n) is 4.44. The second-order valence-electron chi connectivity index (χ2n) is 5.77. The minimum Gasteiger partial charge on any atom is -0.370 e. The highest BCUT2D eigenvalue weighted by molar-refractivity contribution is 5.56. The van der Waals surface area contributed by atoms with Crippen LogP contribution in [0.4, 0.5) is 5.69 Å². The van der Waals surface area contributed by atoms with Crippen molar-refractivity contribution < 1.29 is 0 Å².